The van der Waals surface area contributed by atoms with E-state index >= 15 is 17.6 Å². The van der Waals surface area contributed by atoms with Crippen LogP contribution in [0.3, 0.4) is 0 Å². The predicted octanol–water partition coefficient (Wildman–Crippen LogP) is 12.6. The van der Waals surface area contributed by atoms with E-state index in [1.807, 2.05) is 0 Å². The normalized spacial score (nSPS) is 16.5. The highest BCUT2D eigenvalue weighted by Gasteiger charge is 2.68. The van der Waals surface area contributed by atoms with Crippen LogP contribution < -0.4 is 9.84 Å². The summed E-state index contributed by atoms with van der Waals surface area (Å²) >= 11 is 3.28. The first kappa shape index (κ1) is 72.6. The number of sulfone groups is 1. The number of halogens is 11. The van der Waals surface area contributed by atoms with E-state index in [0.29, 0.717) is 16.3 Å². The minimum Gasteiger partial charge on any atom is -0.755 e. The maximum absolute atomic E-state index is 15.8. The maximum Gasteiger partial charge on any atom is 0.530 e. The smallest absolute Gasteiger partial charge is 0.530 e. The Kier molecular flexibility index (Phi) is 20.9. The zero-order chi connectivity index (χ0) is 69.1. The van der Waals surface area contributed by atoms with E-state index < -0.39 is 183 Å². The molecule has 2 amide bonds. The van der Waals surface area contributed by atoms with Gasteiger partial charge in [-0.15, -0.1) is 0 Å². The van der Waals surface area contributed by atoms with Crippen molar-refractivity contribution in [2.45, 2.75) is 134 Å². The monoisotopic (exact) mass is 1410 g/mol. The second kappa shape index (κ2) is 26.7. The lowest BCUT2D eigenvalue weighted by atomic mass is 9.78. The molecule has 93 heavy (non-hydrogen) atoms. The first-order valence-electron chi connectivity index (χ1n) is 28.1. The number of pyridine rings is 1. The molecule has 1 fully saturated rings. The predicted molar refractivity (Wildman–Crippen MR) is 318 cm³/mol. The molecule has 0 spiro atoms. The summed E-state index contributed by atoms with van der Waals surface area (Å²) in [4.78, 5) is 33.7. The summed E-state index contributed by atoms with van der Waals surface area (Å²) in [6, 6.07) is 7.73. The summed E-state index contributed by atoms with van der Waals surface area (Å²) in [7, 11) is -9.89. The number of carbonyl (C=O) groups is 2. The molecule has 0 bridgehead atoms. The lowest BCUT2D eigenvalue weighted by Gasteiger charge is -2.33. The van der Waals surface area contributed by atoms with Crippen LogP contribution in [0.15, 0.2) is 54.6 Å². The number of aryl methyl sites for hydroxylation is 1. The second-order valence-electron chi connectivity index (χ2n) is 23.1. The minimum absolute atomic E-state index is 0.129. The van der Waals surface area contributed by atoms with Gasteiger partial charge in [0.1, 0.15) is 46.6 Å². The van der Waals surface area contributed by atoms with E-state index in [4.69, 9.17) is 34.2 Å². The number of nitrogens with zero attached hydrogens (tertiary/aromatic N) is 6. The number of nitrogens with one attached hydrogen (secondary N) is 1. The topological polar surface area (TPSA) is 252 Å². The number of amides is 2. The Bertz CT molecular complexity index is 4210. The quantitative estimate of drug-likeness (QED) is 0.0242. The van der Waals surface area contributed by atoms with E-state index in [-0.39, 0.29) is 74.0 Å². The average Bonchev–Trinajstić information content (AvgIpc) is 1.52. The lowest BCUT2D eigenvalue weighted by molar-refractivity contribution is -0.143. The second-order valence-corrected chi connectivity index (χ2v) is 30.9. The largest absolute Gasteiger partial charge is 0.755 e. The van der Waals surface area contributed by atoms with Crippen molar-refractivity contribution < 1.29 is 102 Å². The summed E-state index contributed by atoms with van der Waals surface area (Å²) in [5.41, 5.74) is -7.24. The SMILES string of the molecule is CCOP(=O)(OCC)Oc1cc(CP(=O)(OC)OC)cc(C)c1C(C)(C)CC(=O)N(Cc1nn(CC(F)(F)F)c2c(-c3ccc(C#CC(C)(C)S(C)(=O)=O)nc3[C@H](Cc3cc(F)cc(F)c3)NC(=O)Cn3nc(C(F)(F)F)c4c3C(F)(F)[C@@H]3C[C@H]43)ccc(Cl)c12)S(=O)[O-]. The number of alkyl halides is 8. The standard InChI is InChI=1S/C58H62ClF10N7O13P2S2/c1-11-87-91(80,88-12-2)89-44-23-33(29-90(79,85-8)86-9)19-31(3)49(44)54(4,5)26-46(78)76(92(81)82)27-43-48-41(59)16-15-38(51(48)75(72-43)30-56(62,63)64)37-14-13-36(17-18-55(6,7)93(10,83)84)70-50(37)42(22-32-20-34(60)24-35(61)21-32)71-45(77)28-74-53-47(52(73-74)58(67,68)69)39-25-40(39)57(53,65)66/h13-16,19-21,23-24,39-40,42H,11-12,22,25-30H2,1-10H3,(H,71,77)(H,81,82)/p-1/t39-,40+,42-/m0/s1. The lowest BCUT2D eigenvalue weighted by Crippen LogP contribution is -2.37. The van der Waals surface area contributed by atoms with Crippen LogP contribution in [0.1, 0.15) is 123 Å². The highest BCUT2D eigenvalue weighted by atomic mass is 35.5. The Morgan fingerprint density at radius 3 is 2.12 bits per heavy atom. The van der Waals surface area contributed by atoms with Gasteiger partial charge in [-0.3, -0.25) is 41.1 Å². The van der Waals surface area contributed by atoms with Crippen molar-refractivity contribution in [3.05, 3.63) is 128 Å². The molecule has 0 aliphatic heterocycles. The molecule has 1 saturated carbocycles. The number of fused-ring (bicyclic) bond motifs is 4. The number of benzene rings is 3. The molecule has 1 unspecified atom stereocenters. The molecule has 20 nitrogen and oxygen atoms in total. The summed E-state index contributed by atoms with van der Waals surface area (Å²) in [6.07, 6.45) is -11.7. The van der Waals surface area contributed by atoms with Crippen molar-refractivity contribution in [1.29, 1.82) is 0 Å². The van der Waals surface area contributed by atoms with Crippen LogP contribution in [-0.2, 0) is 108 Å². The number of carbonyl (C=O) groups excluding carboxylic acids is 2. The molecule has 1 N–H and O–H groups in total. The van der Waals surface area contributed by atoms with Crippen LogP contribution >= 0.6 is 27.0 Å². The van der Waals surface area contributed by atoms with Gasteiger partial charge in [-0.25, -0.2) is 26.7 Å². The highest BCUT2D eigenvalue weighted by molar-refractivity contribution is 7.92. The molecule has 8 rings (SSSR count). The van der Waals surface area contributed by atoms with Crippen molar-refractivity contribution >= 4 is 70.8 Å². The Morgan fingerprint density at radius 1 is 0.925 bits per heavy atom. The third kappa shape index (κ3) is 15.9. The summed E-state index contributed by atoms with van der Waals surface area (Å²) in [5, 5.41) is 9.24. The third-order valence-electron chi connectivity index (χ3n) is 15.5. The van der Waals surface area contributed by atoms with Gasteiger partial charge >= 0.3 is 27.8 Å². The van der Waals surface area contributed by atoms with Crippen LogP contribution in [0.2, 0.25) is 5.02 Å². The Balaban J connectivity index is 1.28. The average molecular weight is 1420 g/mol. The molecule has 35 heteroatoms. The van der Waals surface area contributed by atoms with Crippen LogP contribution in [-0.4, -0.2) is 102 Å². The van der Waals surface area contributed by atoms with Gasteiger partial charge in [0.25, 0.3) is 5.92 Å². The molecule has 3 heterocycles. The Morgan fingerprint density at radius 2 is 1.55 bits per heavy atom. The minimum atomic E-state index is -5.25. The molecule has 2 aliphatic rings. The molecule has 3 aromatic heterocycles. The Labute approximate surface area is 534 Å². The van der Waals surface area contributed by atoms with E-state index in [1.54, 1.807) is 6.92 Å². The molecular formula is C58H61ClF10N7O13P2S2-. The number of aromatic nitrogens is 5. The van der Waals surface area contributed by atoms with Crippen molar-refractivity contribution in [3.8, 4) is 28.7 Å². The van der Waals surface area contributed by atoms with Gasteiger partial charge in [-0.2, -0.15) is 45.3 Å². The molecule has 3 aromatic carbocycles. The fraction of sp³-hybridized carbons (Fsp3) is 0.466. The zero-order valence-electron chi connectivity index (χ0n) is 51.2. The molecule has 0 saturated heterocycles. The number of rotatable bonds is 25. The molecule has 2 aliphatic carbocycles. The number of phosphoric acid groups is 1. The van der Waals surface area contributed by atoms with E-state index in [9.17, 15) is 62.2 Å². The first-order chi connectivity index (χ1) is 43.0. The van der Waals surface area contributed by atoms with E-state index in [1.165, 1.54) is 59.7 Å². The van der Waals surface area contributed by atoms with E-state index in [2.05, 4.69) is 32.3 Å². The van der Waals surface area contributed by atoms with Crippen molar-refractivity contribution in [3.63, 3.8) is 0 Å². The van der Waals surface area contributed by atoms with Crippen molar-refractivity contribution in [2.75, 3.05) is 33.7 Å². The van der Waals surface area contributed by atoms with Gasteiger partial charge in [0.05, 0.1) is 65.2 Å². The van der Waals surface area contributed by atoms with Crippen molar-refractivity contribution in [1.82, 2.24) is 34.2 Å². The summed E-state index contributed by atoms with van der Waals surface area (Å²) < 4.78 is 255. The number of phosphoric ester groups is 1. The van der Waals surface area contributed by atoms with E-state index in [0.717, 1.165) is 50.8 Å². The number of hydrogen-bond donors (Lipinski definition) is 1. The number of hydrogen-bond acceptors (Lipinski definition) is 16. The molecule has 506 valence electrons. The zero-order valence-corrected chi connectivity index (χ0v) is 55.3. The summed E-state index contributed by atoms with van der Waals surface area (Å²) in [5.74, 6) is -6.57. The van der Waals surface area contributed by atoms with Crippen LogP contribution in [0.5, 0.6) is 5.75 Å². The molecular weight excluding hydrogens is 1350 g/mol. The van der Waals surface area contributed by atoms with Gasteiger partial charge in [-0.05, 0) is 112 Å². The van der Waals surface area contributed by atoms with Gasteiger partial charge in [-0.1, -0.05) is 43.5 Å². The highest BCUT2D eigenvalue weighted by Crippen LogP contribution is 2.68. The fourth-order valence-corrected chi connectivity index (χ4v) is 14.4. The van der Waals surface area contributed by atoms with Gasteiger partial charge < -0.3 is 23.4 Å². The molecule has 6 aromatic rings. The molecule has 4 atom stereocenters. The fourth-order valence-electron chi connectivity index (χ4n) is 11.2. The van der Waals surface area contributed by atoms with Crippen LogP contribution in [0, 0.1) is 36.3 Å². The molecule has 0 radical (unpaired) electrons. The van der Waals surface area contributed by atoms with Crippen LogP contribution in [0.4, 0.5) is 43.9 Å². The van der Waals surface area contributed by atoms with Crippen molar-refractivity contribution in [2.24, 2.45) is 5.92 Å². The van der Waals surface area contributed by atoms with Gasteiger partial charge in [0.15, 0.2) is 15.5 Å². The van der Waals surface area contributed by atoms with Gasteiger partial charge in [0.2, 0.25) is 11.8 Å². The maximum atomic E-state index is 15.8. The first-order valence-corrected chi connectivity index (χ1v) is 34.6. The third-order valence-corrected chi connectivity index (χ3v) is 21.9. The summed E-state index contributed by atoms with van der Waals surface area (Å²) in [6.45, 7) is 5.22. The van der Waals surface area contributed by atoms with Gasteiger partial charge in [0, 0.05) is 71.9 Å². The van der Waals surface area contributed by atoms with Crippen LogP contribution in [0.25, 0.3) is 22.0 Å². The Hall–Kier alpha value is -6.26.